The first-order valence-corrected chi connectivity index (χ1v) is 7.75. The second kappa shape index (κ2) is 8.16. The van der Waals surface area contributed by atoms with Gasteiger partial charge >= 0.3 is 0 Å². The quantitative estimate of drug-likeness (QED) is 0.701. The first kappa shape index (κ1) is 19.2. The van der Waals surface area contributed by atoms with Gasteiger partial charge in [-0.3, -0.25) is 14.4 Å². The Morgan fingerprint density at radius 1 is 1.00 bits per heavy atom. The predicted molar refractivity (Wildman–Crippen MR) is 94.7 cm³/mol. The van der Waals surface area contributed by atoms with E-state index in [-0.39, 0.29) is 17.7 Å². The fourth-order valence-corrected chi connectivity index (χ4v) is 2.27. The molecule has 6 nitrogen and oxygen atoms in total. The van der Waals surface area contributed by atoms with Gasteiger partial charge in [0.25, 0.3) is 5.91 Å². The number of hydrogen-bond donors (Lipinski definition) is 3. The van der Waals surface area contributed by atoms with Gasteiger partial charge in [-0.05, 0) is 31.0 Å². The molecule has 1 aromatic carbocycles. The fourth-order valence-electron chi connectivity index (χ4n) is 2.27. The van der Waals surface area contributed by atoms with Crippen LogP contribution in [0.25, 0.3) is 0 Å². The number of amides is 3. The van der Waals surface area contributed by atoms with Crippen molar-refractivity contribution < 1.29 is 14.4 Å². The predicted octanol–water partition coefficient (Wildman–Crippen LogP) is 2.53. The topological polar surface area (TPSA) is 87.3 Å². The molecule has 1 aromatic rings. The average Bonchev–Trinajstić information content (AvgIpc) is 2.51. The van der Waals surface area contributed by atoms with Crippen molar-refractivity contribution in [3.05, 3.63) is 23.8 Å². The third kappa shape index (κ3) is 5.13. The van der Waals surface area contributed by atoms with E-state index >= 15 is 0 Å². The molecule has 0 aromatic heterocycles. The molecule has 0 aliphatic heterocycles. The summed E-state index contributed by atoms with van der Waals surface area (Å²) in [5.74, 6) is 1.72. The van der Waals surface area contributed by atoms with E-state index in [4.69, 9.17) is 6.42 Å². The van der Waals surface area contributed by atoms with Crippen LogP contribution in [0.15, 0.2) is 18.2 Å². The number of rotatable bonds is 6. The van der Waals surface area contributed by atoms with Crippen LogP contribution in [0.5, 0.6) is 0 Å². The SMILES string of the molecule is C#CC(CC)(CC)NC(=O)c1cc(NC(C)=O)cc(NC(C)=O)c1. The van der Waals surface area contributed by atoms with Crippen LogP contribution in [0, 0.1) is 12.3 Å². The molecule has 0 bridgehead atoms. The van der Waals surface area contributed by atoms with E-state index in [9.17, 15) is 14.4 Å². The number of benzene rings is 1. The highest BCUT2D eigenvalue weighted by Crippen LogP contribution is 2.21. The van der Waals surface area contributed by atoms with Gasteiger partial charge in [0.05, 0.1) is 0 Å². The van der Waals surface area contributed by atoms with Gasteiger partial charge in [0.2, 0.25) is 11.8 Å². The van der Waals surface area contributed by atoms with Gasteiger partial charge in [-0.1, -0.05) is 19.8 Å². The summed E-state index contributed by atoms with van der Waals surface area (Å²) in [6.07, 6.45) is 6.75. The highest BCUT2D eigenvalue weighted by atomic mass is 16.2. The standard InChI is InChI=1S/C18H23N3O3/c1-6-18(7-2,8-3)21-17(24)14-9-15(19-12(4)22)11-16(10-14)20-13(5)23/h1,9-11H,7-8H2,2-5H3,(H,19,22)(H,20,23)(H,21,24). The molecule has 24 heavy (non-hydrogen) atoms. The van der Waals surface area contributed by atoms with Crippen LogP contribution in [0.1, 0.15) is 50.9 Å². The molecule has 0 aliphatic rings. The number of carbonyl (C=O) groups excluding carboxylic acids is 3. The Labute approximate surface area is 142 Å². The van der Waals surface area contributed by atoms with Crippen LogP contribution in [-0.4, -0.2) is 23.3 Å². The van der Waals surface area contributed by atoms with Gasteiger partial charge < -0.3 is 16.0 Å². The van der Waals surface area contributed by atoms with Crippen LogP contribution < -0.4 is 16.0 Å². The number of nitrogens with one attached hydrogen (secondary N) is 3. The molecule has 6 heteroatoms. The van der Waals surface area contributed by atoms with Gasteiger partial charge in [0, 0.05) is 30.8 Å². The summed E-state index contributed by atoms with van der Waals surface area (Å²) < 4.78 is 0. The van der Waals surface area contributed by atoms with Crippen molar-refractivity contribution in [1.29, 1.82) is 0 Å². The van der Waals surface area contributed by atoms with E-state index in [0.29, 0.717) is 29.8 Å². The highest BCUT2D eigenvalue weighted by molar-refractivity contribution is 6.00. The molecule has 3 amide bonds. The lowest BCUT2D eigenvalue weighted by Gasteiger charge is -2.27. The van der Waals surface area contributed by atoms with Crippen molar-refractivity contribution in [2.24, 2.45) is 0 Å². The largest absolute Gasteiger partial charge is 0.336 e. The molecular formula is C18H23N3O3. The zero-order chi connectivity index (χ0) is 18.3. The van der Waals surface area contributed by atoms with Crippen molar-refractivity contribution in [2.75, 3.05) is 10.6 Å². The third-order valence-corrected chi connectivity index (χ3v) is 3.67. The minimum atomic E-state index is -0.727. The minimum Gasteiger partial charge on any atom is -0.336 e. The zero-order valence-corrected chi connectivity index (χ0v) is 14.4. The highest BCUT2D eigenvalue weighted by Gasteiger charge is 2.26. The summed E-state index contributed by atoms with van der Waals surface area (Å²) in [4.78, 5) is 35.1. The van der Waals surface area contributed by atoms with E-state index in [1.165, 1.54) is 26.0 Å². The second-order valence-corrected chi connectivity index (χ2v) is 5.55. The first-order valence-electron chi connectivity index (χ1n) is 7.75. The van der Waals surface area contributed by atoms with Crippen molar-refractivity contribution in [1.82, 2.24) is 5.32 Å². The summed E-state index contributed by atoms with van der Waals surface area (Å²) in [5, 5.41) is 8.07. The molecular weight excluding hydrogens is 306 g/mol. The maximum absolute atomic E-state index is 12.6. The molecule has 0 saturated heterocycles. The van der Waals surface area contributed by atoms with Gasteiger partial charge in [-0.15, -0.1) is 6.42 Å². The van der Waals surface area contributed by atoms with E-state index < -0.39 is 5.54 Å². The monoisotopic (exact) mass is 329 g/mol. The molecule has 0 aliphatic carbocycles. The average molecular weight is 329 g/mol. The van der Waals surface area contributed by atoms with Gasteiger partial charge in [-0.25, -0.2) is 0 Å². The molecule has 0 unspecified atom stereocenters. The lowest BCUT2D eigenvalue weighted by molar-refractivity contribution is -0.115. The fraction of sp³-hybridized carbons (Fsp3) is 0.389. The smallest absolute Gasteiger partial charge is 0.252 e. The number of hydrogen-bond acceptors (Lipinski definition) is 3. The number of terminal acetylenes is 1. The third-order valence-electron chi connectivity index (χ3n) is 3.67. The van der Waals surface area contributed by atoms with E-state index in [1.54, 1.807) is 6.07 Å². The molecule has 0 heterocycles. The molecule has 0 saturated carbocycles. The van der Waals surface area contributed by atoms with Gasteiger partial charge in [-0.2, -0.15) is 0 Å². The van der Waals surface area contributed by atoms with Crippen LogP contribution in [0.2, 0.25) is 0 Å². The number of anilines is 2. The van der Waals surface area contributed by atoms with Crippen molar-refractivity contribution in [2.45, 2.75) is 46.1 Å². The lowest BCUT2D eigenvalue weighted by atomic mass is 9.93. The van der Waals surface area contributed by atoms with Crippen LogP contribution in [-0.2, 0) is 9.59 Å². The minimum absolute atomic E-state index is 0.276. The molecule has 128 valence electrons. The Morgan fingerprint density at radius 3 is 1.79 bits per heavy atom. The maximum atomic E-state index is 12.6. The zero-order valence-electron chi connectivity index (χ0n) is 14.4. The van der Waals surface area contributed by atoms with Crippen molar-refractivity contribution >= 4 is 29.1 Å². The first-order chi connectivity index (χ1) is 11.2. The molecule has 1 rings (SSSR count). The second-order valence-electron chi connectivity index (χ2n) is 5.55. The van der Waals surface area contributed by atoms with E-state index in [2.05, 4.69) is 21.9 Å². The van der Waals surface area contributed by atoms with Gasteiger partial charge in [0.15, 0.2) is 0 Å². The summed E-state index contributed by atoms with van der Waals surface area (Å²) >= 11 is 0. The summed E-state index contributed by atoms with van der Waals surface area (Å²) in [5.41, 5.74) is 0.401. The van der Waals surface area contributed by atoms with Crippen molar-refractivity contribution in [3.8, 4) is 12.3 Å². The van der Waals surface area contributed by atoms with Crippen LogP contribution in [0.4, 0.5) is 11.4 Å². The number of carbonyl (C=O) groups is 3. The summed E-state index contributed by atoms with van der Waals surface area (Å²) in [6, 6.07) is 4.65. The molecule has 0 atom stereocenters. The van der Waals surface area contributed by atoms with Crippen molar-refractivity contribution in [3.63, 3.8) is 0 Å². The van der Waals surface area contributed by atoms with E-state index in [0.717, 1.165) is 0 Å². The normalized spacial score (nSPS) is 10.5. The maximum Gasteiger partial charge on any atom is 0.252 e. The Kier molecular flexibility index (Phi) is 6.54. The van der Waals surface area contributed by atoms with E-state index in [1.807, 2.05) is 13.8 Å². The Morgan fingerprint density at radius 2 is 1.46 bits per heavy atom. The van der Waals surface area contributed by atoms with Crippen LogP contribution in [0.3, 0.4) is 0 Å². The summed E-state index contributed by atoms with van der Waals surface area (Å²) in [7, 11) is 0. The molecule has 0 fully saturated rings. The van der Waals surface area contributed by atoms with Crippen LogP contribution >= 0.6 is 0 Å². The Bertz CT molecular complexity index is 651. The molecule has 0 spiro atoms. The Balaban J connectivity index is 3.20. The molecule has 0 radical (unpaired) electrons. The summed E-state index contributed by atoms with van der Waals surface area (Å²) in [6.45, 7) is 6.53. The molecule has 3 N–H and O–H groups in total. The Hall–Kier alpha value is -2.81. The lowest BCUT2D eigenvalue weighted by Crippen LogP contribution is -2.46. The van der Waals surface area contributed by atoms with Gasteiger partial charge in [0.1, 0.15) is 5.54 Å².